The van der Waals surface area contributed by atoms with E-state index in [1.54, 1.807) is 27.7 Å². The van der Waals surface area contributed by atoms with Gasteiger partial charge in [0.15, 0.2) is 5.75 Å². The number of phenols is 1. The number of nitrogens with one attached hydrogen (secondary N) is 7. The van der Waals surface area contributed by atoms with Crippen LogP contribution in [0.3, 0.4) is 0 Å². The minimum atomic E-state index is -4.66. The maximum atomic E-state index is 14.0. The van der Waals surface area contributed by atoms with Crippen molar-refractivity contribution in [3.05, 3.63) is 59.7 Å². The third kappa shape index (κ3) is 19.5. The Morgan fingerprint density at radius 1 is 0.582 bits per heavy atom. The molecule has 370 valence electrons. The smallest absolute Gasteiger partial charge is 0.508 e. The Labute approximate surface area is 385 Å². The fraction of sp³-hybridized carbons (Fsp3) is 0.488. The maximum absolute atomic E-state index is 14.0. The first-order valence-electron chi connectivity index (χ1n) is 20.8. The molecule has 0 heterocycles. The van der Waals surface area contributed by atoms with Crippen molar-refractivity contribution in [3.63, 3.8) is 0 Å². The molecule has 17 N–H and O–H groups in total. The number of hydrogen-bond acceptors (Lipinski definition) is 16. The van der Waals surface area contributed by atoms with Crippen molar-refractivity contribution in [2.24, 2.45) is 23.3 Å². The van der Waals surface area contributed by atoms with Crippen LogP contribution >= 0.6 is 8.17 Å². The Morgan fingerprint density at radius 2 is 0.985 bits per heavy atom. The molecule has 0 aliphatic heterocycles. The lowest BCUT2D eigenvalue weighted by Gasteiger charge is -2.30. The van der Waals surface area contributed by atoms with Crippen molar-refractivity contribution in [3.8, 4) is 11.5 Å². The second-order valence-electron chi connectivity index (χ2n) is 16.2. The molecule has 0 radical (unpaired) electrons. The van der Waals surface area contributed by atoms with Crippen molar-refractivity contribution in [2.75, 3.05) is 6.54 Å². The molecular weight excluding hydrogens is 905 g/mol. The third-order valence-corrected chi connectivity index (χ3v) is 10.2. The van der Waals surface area contributed by atoms with Gasteiger partial charge in [0.05, 0.1) is 19.1 Å². The first kappa shape index (κ1) is 56.6. The van der Waals surface area contributed by atoms with Crippen molar-refractivity contribution in [1.29, 1.82) is 0 Å². The van der Waals surface area contributed by atoms with Gasteiger partial charge in [-0.05, 0) is 61.1 Å². The molecule has 0 aliphatic rings. The summed E-state index contributed by atoms with van der Waals surface area (Å²) in [7, 11) is -4.66. The van der Waals surface area contributed by atoms with Crippen LogP contribution in [0.15, 0.2) is 48.5 Å². The number of amides is 8. The average Bonchev–Trinajstić information content (AvgIpc) is 3.22. The lowest BCUT2D eigenvalue weighted by atomic mass is 9.98. The molecule has 0 aromatic heterocycles. The van der Waals surface area contributed by atoms with Gasteiger partial charge in [0.2, 0.25) is 47.3 Å². The van der Waals surface area contributed by atoms with E-state index in [0.29, 0.717) is 11.1 Å². The van der Waals surface area contributed by atoms with E-state index in [4.69, 9.17) is 11.5 Å². The molecule has 0 unspecified atom stereocenters. The highest BCUT2D eigenvalue weighted by Gasteiger charge is 2.38. The van der Waals surface area contributed by atoms with Gasteiger partial charge in [-0.25, -0.2) is 0 Å². The summed E-state index contributed by atoms with van der Waals surface area (Å²) in [6.45, 7) is 8.01. The van der Waals surface area contributed by atoms with E-state index in [1.807, 2.05) is 0 Å². The van der Waals surface area contributed by atoms with E-state index >= 15 is 0 Å². The lowest BCUT2D eigenvalue weighted by molar-refractivity contribution is -0.142. The second-order valence-corrected chi connectivity index (χ2v) is 17.4. The molecule has 2 aromatic rings. The third-order valence-electron chi connectivity index (χ3n) is 9.76. The predicted octanol–water partition coefficient (Wildman–Crippen LogP) is -3.76. The fourth-order valence-corrected chi connectivity index (χ4v) is 6.54. The standard InChI is InChI=1S/C41H60N9O16P/c1-19(2)32(48-37(57)28(15-23-7-11-25(52)12-8-23)46-36(56)29(17-30(43)53)45-31(54)18-42)38(58)49-33(20(3)4)39(59)50-34(22(6)51)40(60)47-27(35(55)44-21(5)41(61)62)16-24-9-13-26(14-10-24)66-67(63,64)65/h7-14,19-22,27-29,32-34,51,63-65H,15-18,42H2,1-6H3,(H10-,43,44,45,46,47,48,49,50,52,53,54,55,56,57,58,59,60,61,62)/p+1/t21-,22+,27-,28-,29-,32-,33-,34-/m0/s1. The summed E-state index contributed by atoms with van der Waals surface area (Å²) < 4.78 is 4.63. The van der Waals surface area contributed by atoms with E-state index < -0.39 is 135 Å². The number of nitrogens with two attached hydrogens (primary N) is 2. The van der Waals surface area contributed by atoms with Crippen molar-refractivity contribution < 1.29 is 77.7 Å². The SMILES string of the molecule is CC(C)[C@H](NC(=O)[C@H](Cc1ccc(O)cc1)NC(=O)[C@H](CC(N)=O)NC(=O)CN)C(=O)N[C@H](C(=O)N[C@H](C(=O)N[C@@H](Cc1ccc(O[P+](O)(O)O)cc1)C(=O)N[C@@H](C)C(=O)O)[C@@H](C)O)C(C)C. The average molecular weight is 967 g/mol. The van der Waals surface area contributed by atoms with Gasteiger partial charge in [-0.1, -0.05) is 52.0 Å². The van der Waals surface area contributed by atoms with Gasteiger partial charge in [-0.3, -0.25) is 47.7 Å². The number of aliphatic hydroxyl groups is 1. The number of carboxylic acids is 1. The Hall–Kier alpha value is -6.50. The van der Waals surface area contributed by atoms with E-state index in [9.17, 15) is 73.2 Å². The summed E-state index contributed by atoms with van der Waals surface area (Å²) in [5.74, 6) is -10.7. The number of phenolic OH excluding ortho intramolecular Hbond substituents is 1. The first-order chi connectivity index (χ1) is 31.1. The molecule has 67 heavy (non-hydrogen) atoms. The number of rotatable bonds is 26. The van der Waals surface area contributed by atoms with Crippen LogP contribution in [0.4, 0.5) is 0 Å². The Bertz CT molecular complexity index is 2070. The van der Waals surface area contributed by atoms with Crippen molar-refractivity contribution >= 4 is 61.4 Å². The highest BCUT2D eigenvalue weighted by Crippen LogP contribution is 2.45. The van der Waals surface area contributed by atoms with E-state index in [1.165, 1.54) is 55.5 Å². The molecule has 0 saturated heterocycles. The van der Waals surface area contributed by atoms with E-state index in [2.05, 4.69) is 41.7 Å². The van der Waals surface area contributed by atoms with Crippen LogP contribution < -0.4 is 53.2 Å². The summed E-state index contributed by atoms with van der Waals surface area (Å²) in [5.41, 5.74) is 11.4. The fourth-order valence-electron chi connectivity index (χ4n) is 6.14. The van der Waals surface area contributed by atoms with Crippen LogP contribution in [0.25, 0.3) is 0 Å². The zero-order valence-corrected chi connectivity index (χ0v) is 38.5. The topological polar surface area (TPSA) is 420 Å². The van der Waals surface area contributed by atoms with Crippen LogP contribution in [0.5, 0.6) is 11.5 Å². The highest BCUT2D eigenvalue weighted by atomic mass is 31.2. The van der Waals surface area contributed by atoms with Gasteiger partial charge in [0.25, 0.3) is 0 Å². The summed E-state index contributed by atoms with van der Waals surface area (Å²) in [4.78, 5) is 145. The van der Waals surface area contributed by atoms with Crippen LogP contribution in [0, 0.1) is 11.8 Å². The zero-order valence-electron chi connectivity index (χ0n) is 37.6. The molecule has 0 saturated carbocycles. The quantitative estimate of drug-likeness (QED) is 0.0403. The van der Waals surface area contributed by atoms with Crippen LogP contribution in [-0.4, -0.2) is 138 Å². The summed E-state index contributed by atoms with van der Waals surface area (Å²) >= 11 is 0. The largest absolute Gasteiger partial charge is 0.613 e. The van der Waals surface area contributed by atoms with Gasteiger partial charge in [0, 0.05) is 12.8 Å². The molecule has 25 nitrogen and oxygen atoms in total. The van der Waals surface area contributed by atoms with Gasteiger partial charge < -0.3 is 64.0 Å². The van der Waals surface area contributed by atoms with Gasteiger partial charge in [-0.2, -0.15) is 14.7 Å². The molecule has 26 heteroatoms. The van der Waals surface area contributed by atoms with Gasteiger partial charge in [-0.15, -0.1) is 0 Å². The monoisotopic (exact) mass is 966 g/mol. The molecule has 0 spiro atoms. The summed E-state index contributed by atoms with van der Waals surface area (Å²) in [6, 6.07) is 0.147. The molecule has 8 amide bonds. The van der Waals surface area contributed by atoms with E-state index in [-0.39, 0.29) is 24.3 Å². The number of aliphatic hydroxyl groups excluding tert-OH is 1. The number of benzene rings is 2. The number of aromatic hydroxyl groups is 1. The molecule has 0 fully saturated rings. The van der Waals surface area contributed by atoms with Crippen molar-refractivity contribution in [1.82, 2.24) is 37.2 Å². The maximum Gasteiger partial charge on any atom is 0.613 e. The lowest BCUT2D eigenvalue weighted by Crippen LogP contribution is -2.63. The summed E-state index contributed by atoms with van der Waals surface area (Å²) in [6.07, 6.45) is -2.81. The zero-order chi connectivity index (χ0) is 50.9. The van der Waals surface area contributed by atoms with E-state index in [0.717, 1.165) is 6.92 Å². The molecule has 2 aromatic carbocycles. The number of primary amides is 1. The molecule has 0 bridgehead atoms. The second kappa shape index (κ2) is 26.0. The molecule has 8 atom stereocenters. The number of carbonyl (C=O) groups is 9. The molecular formula is C41H61N9O16P+. The first-order valence-corrected chi connectivity index (χ1v) is 22.3. The van der Waals surface area contributed by atoms with Gasteiger partial charge >= 0.3 is 14.1 Å². The number of hydrogen-bond donors (Lipinski definition) is 15. The van der Waals surface area contributed by atoms with Crippen LogP contribution in [-0.2, 0) is 56.0 Å². The highest BCUT2D eigenvalue weighted by molar-refractivity contribution is 7.53. The minimum absolute atomic E-state index is 0.0965. The molecule has 2 rings (SSSR count). The minimum Gasteiger partial charge on any atom is -0.508 e. The normalized spacial score (nSPS) is 14.9. The van der Waals surface area contributed by atoms with Crippen molar-refractivity contribution in [2.45, 2.75) is 109 Å². The number of carboxylic acid groups (broad SMARTS) is 1. The predicted molar refractivity (Wildman–Crippen MR) is 237 cm³/mol. The van der Waals surface area contributed by atoms with Crippen LogP contribution in [0.1, 0.15) is 59.1 Å². The Kier molecular flexibility index (Phi) is 22.0. The number of carbonyl (C=O) groups excluding carboxylic acids is 8. The van der Waals surface area contributed by atoms with Gasteiger partial charge in [0.1, 0.15) is 48.0 Å². The van der Waals surface area contributed by atoms with Crippen LogP contribution in [0.2, 0.25) is 0 Å². The molecule has 0 aliphatic carbocycles. The Balaban J connectivity index is 2.37. The summed E-state index contributed by atoms with van der Waals surface area (Å²) in [5, 5.41) is 46.7. The Morgan fingerprint density at radius 3 is 1.40 bits per heavy atom. The number of aliphatic carboxylic acids is 1.